The van der Waals surface area contributed by atoms with Gasteiger partial charge in [-0.2, -0.15) is 0 Å². The third kappa shape index (κ3) is 1.15. The molecule has 2 rings (SSSR count). The summed E-state index contributed by atoms with van der Waals surface area (Å²) in [6.07, 6.45) is -0.182. The van der Waals surface area contributed by atoms with Crippen molar-refractivity contribution in [3.05, 3.63) is 0 Å². The van der Waals surface area contributed by atoms with E-state index in [1.54, 1.807) is 4.90 Å². The zero-order chi connectivity index (χ0) is 9.64. The first-order valence-corrected chi connectivity index (χ1v) is 4.67. The van der Waals surface area contributed by atoms with Gasteiger partial charge in [0, 0.05) is 19.5 Å². The van der Waals surface area contributed by atoms with Crippen LogP contribution in [-0.4, -0.2) is 40.8 Å². The van der Waals surface area contributed by atoms with E-state index in [1.807, 2.05) is 6.92 Å². The maximum Gasteiger partial charge on any atom is 0.324 e. The lowest BCUT2D eigenvalue weighted by atomic mass is 9.90. The van der Waals surface area contributed by atoms with Gasteiger partial charge in [0.05, 0.1) is 0 Å². The molecule has 3 atom stereocenters. The topological polar surface area (TPSA) is 40.5 Å². The molecule has 0 aromatic carbocycles. The number of hydrogen-bond acceptors (Lipinski definition) is 2. The summed E-state index contributed by atoms with van der Waals surface area (Å²) in [6, 6.07) is 0. The van der Waals surface area contributed by atoms with Gasteiger partial charge in [0.1, 0.15) is 11.7 Å². The van der Waals surface area contributed by atoms with E-state index in [0.29, 0.717) is 18.9 Å². The molecule has 1 unspecified atom stereocenters. The van der Waals surface area contributed by atoms with Crippen molar-refractivity contribution in [3.8, 4) is 0 Å². The van der Waals surface area contributed by atoms with Crippen LogP contribution in [0.1, 0.15) is 19.8 Å². The SMILES string of the molecule is CC1CN2C[C@H](F)C[C@@]2(C(=O)O)C1. The van der Waals surface area contributed by atoms with Gasteiger partial charge in [0.2, 0.25) is 0 Å². The monoisotopic (exact) mass is 187 g/mol. The fourth-order valence-corrected chi connectivity index (χ4v) is 2.76. The van der Waals surface area contributed by atoms with Gasteiger partial charge in [0.25, 0.3) is 0 Å². The van der Waals surface area contributed by atoms with Gasteiger partial charge < -0.3 is 5.11 Å². The molecular weight excluding hydrogens is 173 g/mol. The van der Waals surface area contributed by atoms with Gasteiger partial charge in [-0.15, -0.1) is 0 Å². The van der Waals surface area contributed by atoms with Crippen molar-refractivity contribution < 1.29 is 14.3 Å². The van der Waals surface area contributed by atoms with Crippen molar-refractivity contribution in [1.82, 2.24) is 4.90 Å². The Morgan fingerprint density at radius 3 is 2.77 bits per heavy atom. The number of rotatable bonds is 1. The molecule has 0 saturated carbocycles. The Bertz CT molecular complexity index is 230. The quantitative estimate of drug-likeness (QED) is 0.662. The van der Waals surface area contributed by atoms with Crippen molar-refractivity contribution in [1.29, 1.82) is 0 Å². The van der Waals surface area contributed by atoms with Gasteiger partial charge in [-0.1, -0.05) is 6.92 Å². The summed E-state index contributed by atoms with van der Waals surface area (Å²) in [4.78, 5) is 12.9. The maximum absolute atomic E-state index is 13.1. The lowest BCUT2D eigenvalue weighted by molar-refractivity contribution is -0.148. The summed E-state index contributed by atoms with van der Waals surface area (Å²) in [7, 11) is 0. The first-order valence-electron chi connectivity index (χ1n) is 4.67. The second-order valence-electron chi connectivity index (χ2n) is 4.35. The molecule has 0 spiro atoms. The highest BCUT2D eigenvalue weighted by Crippen LogP contribution is 2.42. The molecule has 2 saturated heterocycles. The molecule has 74 valence electrons. The van der Waals surface area contributed by atoms with Crippen LogP contribution in [0.15, 0.2) is 0 Å². The molecule has 4 heteroatoms. The average molecular weight is 187 g/mol. The van der Waals surface area contributed by atoms with Crippen LogP contribution in [-0.2, 0) is 4.79 Å². The van der Waals surface area contributed by atoms with Gasteiger partial charge in [-0.25, -0.2) is 4.39 Å². The Hall–Kier alpha value is -0.640. The Kier molecular flexibility index (Phi) is 1.84. The van der Waals surface area contributed by atoms with E-state index in [1.165, 1.54) is 0 Å². The van der Waals surface area contributed by atoms with Crippen LogP contribution in [0.5, 0.6) is 0 Å². The number of carboxylic acids is 1. The molecule has 0 aromatic rings. The molecule has 2 heterocycles. The highest BCUT2D eigenvalue weighted by atomic mass is 19.1. The van der Waals surface area contributed by atoms with Gasteiger partial charge in [0.15, 0.2) is 0 Å². The van der Waals surface area contributed by atoms with E-state index in [9.17, 15) is 9.18 Å². The normalized spacial score (nSPS) is 45.1. The van der Waals surface area contributed by atoms with Crippen molar-refractivity contribution in [2.24, 2.45) is 5.92 Å². The summed E-state index contributed by atoms with van der Waals surface area (Å²) in [5.41, 5.74) is -0.876. The molecule has 2 aliphatic heterocycles. The zero-order valence-corrected chi connectivity index (χ0v) is 7.66. The summed E-state index contributed by atoms with van der Waals surface area (Å²) < 4.78 is 13.1. The number of aliphatic carboxylic acids is 1. The Morgan fingerprint density at radius 1 is 1.54 bits per heavy atom. The number of halogens is 1. The molecular formula is C9H14FNO2. The minimum Gasteiger partial charge on any atom is -0.480 e. The standard InChI is InChI=1S/C9H14FNO2/c1-6-2-9(8(12)13)3-7(10)5-11(9)4-6/h6-7H,2-5H2,1H3,(H,12,13)/t6?,7-,9-/m1/s1. The van der Waals surface area contributed by atoms with Crippen LogP contribution in [0.25, 0.3) is 0 Å². The number of alkyl halides is 1. The third-order valence-corrected chi connectivity index (χ3v) is 3.20. The van der Waals surface area contributed by atoms with Crippen molar-refractivity contribution in [2.75, 3.05) is 13.1 Å². The van der Waals surface area contributed by atoms with Crippen LogP contribution in [0.2, 0.25) is 0 Å². The van der Waals surface area contributed by atoms with E-state index in [0.717, 1.165) is 6.54 Å². The van der Waals surface area contributed by atoms with Gasteiger partial charge in [-0.05, 0) is 12.3 Å². The summed E-state index contributed by atoms with van der Waals surface area (Å²) in [6.45, 7) is 3.06. The lowest BCUT2D eigenvalue weighted by Gasteiger charge is -2.25. The van der Waals surface area contributed by atoms with E-state index >= 15 is 0 Å². The summed E-state index contributed by atoms with van der Waals surface area (Å²) >= 11 is 0. The molecule has 0 bridgehead atoms. The second-order valence-corrected chi connectivity index (χ2v) is 4.35. The van der Waals surface area contributed by atoms with Crippen LogP contribution >= 0.6 is 0 Å². The van der Waals surface area contributed by atoms with Gasteiger partial charge >= 0.3 is 5.97 Å². The van der Waals surface area contributed by atoms with Crippen molar-refractivity contribution in [3.63, 3.8) is 0 Å². The lowest BCUT2D eigenvalue weighted by Crippen LogP contribution is -2.45. The molecule has 0 amide bonds. The number of carboxylic acid groups (broad SMARTS) is 1. The minimum absolute atomic E-state index is 0.173. The summed E-state index contributed by atoms with van der Waals surface area (Å²) in [5.74, 6) is -0.472. The Labute approximate surface area is 76.5 Å². The molecule has 2 fully saturated rings. The van der Waals surface area contributed by atoms with Crippen molar-refractivity contribution in [2.45, 2.75) is 31.5 Å². The number of nitrogens with zero attached hydrogens (tertiary/aromatic N) is 1. The summed E-state index contributed by atoms with van der Waals surface area (Å²) in [5, 5.41) is 9.10. The molecule has 1 N–H and O–H groups in total. The predicted molar refractivity (Wildman–Crippen MR) is 45.2 cm³/mol. The molecule has 0 aliphatic carbocycles. The number of fused-ring (bicyclic) bond motifs is 1. The minimum atomic E-state index is -0.955. The Morgan fingerprint density at radius 2 is 2.23 bits per heavy atom. The van der Waals surface area contributed by atoms with Crippen LogP contribution in [0.4, 0.5) is 4.39 Å². The number of carbonyl (C=O) groups is 1. The first kappa shape index (κ1) is 8.94. The van der Waals surface area contributed by atoms with Crippen molar-refractivity contribution >= 4 is 5.97 Å². The van der Waals surface area contributed by atoms with E-state index in [2.05, 4.69) is 0 Å². The highest BCUT2D eigenvalue weighted by molar-refractivity contribution is 5.80. The fraction of sp³-hybridized carbons (Fsp3) is 0.889. The number of hydrogen-bond donors (Lipinski definition) is 1. The molecule has 0 radical (unpaired) electrons. The highest BCUT2D eigenvalue weighted by Gasteiger charge is 2.56. The van der Waals surface area contributed by atoms with Crippen LogP contribution in [0, 0.1) is 5.92 Å². The third-order valence-electron chi connectivity index (χ3n) is 3.20. The maximum atomic E-state index is 13.1. The van der Waals surface area contributed by atoms with Crippen LogP contribution in [0.3, 0.4) is 0 Å². The second kappa shape index (κ2) is 2.67. The smallest absolute Gasteiger partial charge is 0.324 e. The fourth-order valence-electron chi connectivity index (χ4n) is 2.76. The van der Waals surface area contributed by atoms with E-state index in [-0.39, 0.29) is 6.42 Å². The largest absolute Gasteiger partial charge is 0.480 e. The zero-order valence-electron chi connectivity index (χ0n) is 7.66. The average Bonchev–Trinajstić information content (AvgIpc) is 2.40. The molecule has 13 heavy (non-hydrogen) atoms. The Balaban J connectivity index is 2.26. The molecule has 3 nitrogen and oxygen atoms in total. The first-order chi connectivity index (χ1) is 6.04. The molecule has 0 aromatic heterocycles. The van der Waals surface area contributed by atoms with E-state index in [4.69, 9.17) is 5.11 Å². The molecule has 2 aliphatic rings. The predicted octanol–water partition coefficient (Wildman–Crippen LogP) is 0.893. The van der Waals surface area contributed by atoms with Crippen LogP contribution < -0.4 is 0 Å². The van der Waals surface area contributed by atoms with E-state index < -0.39 is 17.7 Å². The van der Waals surface area contributed by atoms with Gasteiger partial charge in [-0.3, -0.25) is 9.69 Å².